The summed E-state index contributed by atoms with van der Waals surface area (Å²) in [6.45, 7) is 3.83. The molecule has 1 N–H and O–H groups in total. The van der Waals surface area contributed by atoms with Crippen LogP contribution in [0, 0.1) is 0 Å². The van der Waals surface area contributed by atoms with Gasteiger partial charge in [-0.1, -0.05) is 5.16 Å². The fraction of sp³-hybridized carbons (Fsp3) is 0.389. The van der Waals surface area contributed by atoms with E-state index in [9.17, 15) is 14.7 Å². The molecular formula is C18H21N3O5. The topological polar surface area (TPSA) is 96.1 Å². The van der Waals surface area contributed by atoms with Gasteiger partial charge >= 0.3 is 5.97 Å². The molecule has 0 saturated carbocycles. The minimum atomic E-state index is -1.10. The molecule has 2 heterocycles. The second kappa shape index (κ2) is 7.47. The number of methoxy groups -OCH3 is 1. The highest BCUT2D eigenvalue weighted by Gasteiger charge is 2.29. The summed E-state index contributed by atoms with van der Waals surface area (Å²) in [5, 5.41) is 13.7. The van der Waals surface area contributed by atoms with Crippen molar-refractivity contribution >= 4 is 17.7 Å². The summed E-state index contributed by atoms with van der Waals surface area (Å²) in [5.74, 6) is 0.0999. The third-order valence-corrected chi connectivity index (χ3v) is 4.48. The van der Waals surface area contributed by atoms with E-state index in [1.807, 2.05) is 4.90 Å². The number of aromatic carboxylic acids is 1. The van der Waals surface area contributed by atoms with E-state index in [1.165, 1.54) is 6.92 Å². The molecule has 1 aromatic heterocycles. The molecule has 1 aliphatic rings. The number of nitrogens with zero attached hydrogens (tertiary/aromatic N) is 3. The van der Waals surface area contributed by atoms with Gasteiger partial charge in [-0.05, 0) is 30.7 Å². The molecule has 0 aliphatic carbocycles. The van der Waals surface area contributed by atoms with E-state index < -0.39 is 5.97 Å². The molecule has 0 unspecified atom stereocenters. The number of anilines is 1. The Morgan fingerprint density at radius 1 is 1.15 bits per heavy atom. The van der Waals surface area contributed by atoms with Crippen LogP contribution in [0.4, 0.5) is 5.82 Å². The van der Waals surface area contributed by atoms with Crippen LogP contribution in [0.15, 0.2) is 28.8 Å². The Morgan fingerprint density at radius 2 is 1.88 bits per heavy atom. The first-order chi connectivity index (χ1) is 12.5. The standard InChI is InChI=1S/C18H21N3O5/c1-12(22)20-8-3-9-21(11-10-20)17-15(18(23)24)16(26-19-17)13-4-6-14(25-2)7-5-13/h4-7H,3,8-11H2,1-2H3,(H,23,24). The minimum absolute atomic E-state index is 0.0179. The largest absolute Gasteiger partial charge is 0.497 e. The molecule has 0 radical (unpaired) electrons. The van der Waals surface area contributed by atoms with Gasteiger partial charge in [0, 0.05) is 38.7 Å². The van der Waals surface area contributed by atoms with Crippen LogP contribution >= 0.6 is 0 Å². The lowest BCUT2D eigenvalue weighted by atomic mass is 10.1. The molecule has 1 saturated heterocycles. The number of aromatic nitrogens is 1. The first-order valence-corrected chi connectivity index (χ1v) is 8.39. The van der Waals surface area contributed by atoms with Crippen molar-refractivity contribution in [1.82, 2.24) is 10.1 Å². The van der Waals surface area contributed by atoms with Crippen molar-refractivity contribution in [2.45, 2.75) is 13.3 Å². The molecule has 8 heteroatoms. The van der Waals surface area contributed by atoms with E-state index in [2.05, 4.69) is 5.16 Å². The summed E-state index contributed by atoms with van der Waals surface area (Å²) in [6, 6.07) is 6.94. The molecule has 1 fully saturated rings. The number of ether oxygens (including phenoxy) is 1. The van der Waals surface area contributed by atoms with Gasteiger partial charge in [-0.25, -0.2) is 4.79 Å². The monoisotopic (exact) mass is 359 g/mol. The molecule has 1 aromatic carbocycles. The summed E-state index contributed by atoms with van der Waals surface area (Å²) >= 11 is 0. The number of carbonyl (C=O) groups is 2. The number of hydrogen-bond donors (Lipinski definition) is 1. The zero-order chi connectivity index (χ0) is 18.7. The van der Waals surface area contributed by atoms with Crippen molar-refractivity contribution in [2.24, 2.45) is 0 Å². The smallest absolute Gasteiger partial charge is 0.343 e. The zero-order valence-corrected chi connectivity index (χ0v) is 14.8. The molecule has 0 spiro atoms. The number of benzene rings is 1. The molecule has 0 atom stereocenters. The average molecular weight is 359 g/mol. The second-order valence-corrected chi connectivity index (χ2v) is 6.09. The average Bonchev–Trinajstić information content (AvgIpc) is 2.92. The van der Waals surface area contributed by atoms with Crippen LogP contribution in [0.3, 0.4) is 0 Å². The van der Waals surface area contributed by atoms with Crippen molar-refractivity contribution in [3.05, 3.63) is 29.8 Å². The molecule has 26 heavy (non-hydrogen) atoms. The molecule has 138 valence electrons. The molecule has 0 bridgehead atoms. The maximum absolute atomic E-state index is 11.9. The normalized spacial score (nSPS) is 14.8. The van der Waals surface area contributed by atoms with Gasteiger partial charge in [0.1, 0.15) is 5.75 Å². The van der Waals surface area contributed by atoms with Crippen LogP contribution in [0.2, 0.25) is 0 Å². The maximum Gasteiger partial charge on any atom is 0.343 e. The highest BCUT2D eigenvalue weighted by Crippen LogP contribution is 2.32. The lowest BCUT2D eigenvalue weighted by Crippen LogP contribution is -2.34. The van der Waals surface area contributed by atoms with Crippen molar-refractivity contribution in [3.63, 3.8) is 0 Å². The summed E-state index contributed by atoms with van der Waals surface area (Å²) < 4.78 is 10.5. The Hall–Kier alpha value is -3.03. The lowest BCUT2D eigenvalue weighted by molar-refractivity contribution is -0.128. The Morgan fingerprint density at radius 3 is 2.50 bits per heavy atom. The lowest BCUT2D eigenvalue weighted by Gasteiger charge is -2.21. The van der Waals surface area contributed by atoms with Crippen molar-refractivity contribution in [3.8, 4) is 17.1 Å². The van der Waals surface area contributed by atoms with Crippen molar-refractivity contribution in [1.29, 1.82) is 0 Å². The van der Waals surface area contributed by atoms with Gasteiger partial charge in [-0.2, -0.15) is 0 Å². The number of carbonyl (C=O) groups excluding carboxylic acids is 1. The number of rotatable bonds is 4. The van der Waals surface area contributed by atoms with E-state index in [1.54, 1.807) is 36.3 Å². The Bertz CT molecular complexity index is 800. The van der Waals surface area contributed by atoms with E-state index in [0.717, 1.165) is 6.42 Å². The summed E-state index contributed by atoms with van der Waals surface area (Å²) in [5.41, 5.74) is 0.647. The summed E-state index contributed by atoms with van der Waals surface area (Å²) in [4.78, 5) is 27.1. The molecule has 2 aromatic rings. The third-order valence-electron chi connectivity index (χ3n) is 4.48. The predicted octanol–water partition coefficient (Wildman–Crippen LogP) is 2.11. The fourth-order valence-corrected chi connectivity index (χ4v) is 3.07. The van der Waals surface area contributed by atoms with Crippen LogP contribution < -0.4 is 9.64 Å². The first-order valence-electron chi connectivity index (χ1n) is 8.39. The van der Waals surface area contributed by atoms with Gasteiger partial charge in [0.15, 0.2) is 17.1 Å². The van der Waals surface area contributed by atoms with Gasteiger partial charge in [-0.15, -0.1) is 0 Å². The highest BCUT2D eigenvalue weighted by molar-refractivity contribution is 5.99. The van der Waals surface area contributed by atoms with E-state index >= 15 is 0 Å². The van der Waals surface area contributed by atoms with E-state index in [-0.39, 0.29) is 17.2 Å². The van der Waals surface area contributed by atoms with Crippen LogP contribution in [-0.2, 0) is 4.79 Å². The number of hydrogen-bond acceptors (Lipinski definition) is 6. The SMILES string of the molecule is COc1ccc(-c2onc(N3CCCN(C(C)=O)CC3)c2C(=O)O)cc1. The quantitative estimate of drug-likeness (QED) is 0.893. The van der Waals surface area contributed by atoms with E-state index in [4.69, 9.17) is 9.26 Å². The van der Waals surface area contributed by atoms with Gasteiger partial charge in [0.25, 0.3) is 0 Å². The van der Waals surface area contributed by atoms with Crippen molar-refractivity contribution in [2.75, 3.05) is 38.2 Å². The zero-order valence-electron chi connectivity index (χ0n) is 14.8. The van der Waals surface area contributed by atoms with Crippen molar-refractivity contribution < 1.29 is 24.0 Å². The molecule has 1 amide bonds. The third kappa shape index (κ3) is 3.49. The van der Waals surface area contributed by atoms with Gasteiger partial charge in [-0.3, -0.25) is 4.79 Å². The Balaban J connectivity index is 1.92. The highest BCUT2D eigenvalue weighted by atomic mass is 16.5. The first kappa shape index (κ1) is 17.8. The number of carboxylic acid groups (broad SMARTS) is 1. The maximum atomic E-state index is 11.9. The Labute approximate surface area is 150 Å². The number of amides is 1. The van der Waals surface area contributed by atoms with Crippen LogP contribution in [0.1, 0.15) is 23.7 Å². The molecular weight excluding hydrogens is 338 g/mol. The van der Waals surface area contributed by atoms with Crippen LogP contribution in [-0.4, -0.2) is 60.3 Å². The van der Waals surface area contributed by atoms with Gasteiger partial charge in [0.2, 0.25) is 5.91 Å². The number of carboxylic acids is 1. The van der Waals surface area contributed by atoms with Gasteiger partial charge < -0.3 is 24.2 Å². The van der Waals surface area contributed by atoms with E-state index in [0.29, 0.717) is 43.3 Å². The minimum Gasteiger partial charge on any atom is -0.497 e. The summed E-state index contributed by atoms with van der Waals surface area (Å²) in [7, 11) is 1.56. The second-order valence-electron chi connectivity index (χ2n) is 6.09. The van der Waals surface area contributed by atoms with Gasteiger partial charge in [0.05, 0.1) is 7.11 Å². The summed E-state index contributed by atoms with van der Waals surface area (Å²) in [6.07, 6.45) is 0.739. The molecule has 3 rings (SSSR count). The van der Waals surface area contributed by atoms with Crippen LogP contribution in [0.5, 0.6) is 5.75 Å². The molecule has 8 nitrogen and oxygen atoms in total. The predicted molar refractivity (Wildman–Crippen MR) is 94.5 cm³/mol. The van der Waals surface area contributed by atoms with Crippen LogP contribution in [0.25, 0.3) is 11.3 Å². The molecule has 1 aliphatic heterocycles. The fourth-order valence-electron chi connectivity index (χ4n) is 3.07. The Kier molecular flexibility index (Phi) is 5.11.